The van der Waals surface area contributed by atoms with Gasteiger partial charge < -0.3 is 0 Å². The van der Waals surface area contributed by atoms with Crippen LogP contribution in [0.3, 0.4) is 0 Å². The van der Waals surface area contributed by atoms with Crippen LogP contribution < -0.4 is 5.43 Å². The molecule has 27 heavy (non-hydrogen) atoms. The molecule has 1 heterocycles. The molecule has 0 fully saturated rings. The van der Waals surface area contributed by atoms with Crippen molar-refractivity contribution in [2.24, 2.45) is 5.10 Å². The summed E-state index contributed by atoms with van der Waals surface area (Å²) in [5.74, 6) is -0.262. The van der Waals surface area contributed by atoms with Gasteiger partial charge in [-0.15, -0.1) is 0 Å². The van der Waals surface area contributed by atoms with Gasteiger partial charge in [-0.1, -0.05) is 48.5 Å². The Balaban J connectivity index is 1.82. The number of hydrazone groups is 1. The van der Waals surface area contributed by atoms with Crippen molar-refractivity contribution in [1.29, 1.82) is 5.26 Å². The Morgan fingerprint density at radius 1 is 1.22 bits per heavy atom. The Hall–Kier alpha value is -3.72. The maximum absolute atomic E-state index is 12.3. The third-order valence-electron chi connectivity index (χ3n) is 4.05. The van der Waals surface area contributed by atoms with Gasteiger partial charge in [0.25, 0.3) is 5.91 Å². The Morgan fingerprint density at radius 2 is 1.96 bits per heavy atom. The minimum atomic E-state index is -0.262. The number of aromatic nitrogens is 2. The van der Waals surface area contributed by atoms with Crippen LogP contribution in [0.4, 0.5) is 0 Å². The summed E-state index contributed by atoms with van der Waals surface area (Å²) >= 11 is 0. The van der Waals surface area contributed by atoms with Gasteiger partial charge in [0.15, 0.2) is 0 Å². The second-order valence-electron chi connectivity index (χ2n) is 5.98. The van der Waals surface area contributed by atoms with Crippen LogP contribution in [0.25, 0.3) is 11.3 Å². The number of benzene rings is 2. The monoisotopic (exact) mass is 357 g/mol. The molecular formula is C21H19N5O. The van der Waals surface area contributed by atoms with Gasteiger partial charge in [-0.25, -0.2) is 5.43 Å². The fourth-order valence-corrected chi connectivity index (χ4v) is 2.68. The van der Waals surface area contributed by atoms with Crippen LogP contribution in [-0.2, 0) is 6.54 Å². The van der Waals surface area contributed by atoms with Crippen LogP contribution >= 0.6 is 0 Å². The van der Waals surface area contributed by atoms with Gasteiger partial charge in [0.1, 0.15) is 5.69 Å². The zero-order valence-corrected chi connectivity index (χ0v) is 15.0. The number of hydrogen-bond donors (Lipinski definition) is 1. The molecule has 0 saturated heterocycles. The first-order valence-electron chi connectivity index (χ1n) is 8.58. The molecule has 6 heteroatoms. The molecule has 0 unspecified atom stereocenters. The van der Waals surface area contributed by atoms with Crippen molar-refractivity contribution >= 4 is 12.1 Å². The number of nitrogens with zero attached hydrogens (tertiary/aromatic N) is 4. The first kappa shape index (κ1) is 18.1. The standard InChI is InChI=1S/C21H19N5O/c1-16-8-5-6-11-19(16)21(27)24-23-14-18-15-26(13-7-12-22)25-20(18)17-9-3-2-4-10-17/h2-6,8-11,14-15H,7,13H2,1H3,(H,24,27)/b23-14-. The summed E-state index contributed by atoms with van der Waals surface area (Å²) in [6, 6.07) is 19.2. The van der Waals surface area contributed by atoms with Crippen molar-refractivity contribution in [3.63, 3.8) is 0 Å². The van der Waals surface area contributed by atoms with Gasteiger partial charge >= 0.3 is 0 Å². The summed E-state index contributed by atoms with van der Waals surface area (Å²) in [5, 5.41) is 17.4. The molecule has 0 radical (unpaired) electrons. The fourth-order valence-electron chi connectivity index (χ4n) is 2.68. The van der Waals surface area contributed by atoms with Gasteiger partial charge in [0, 0.05) is 22.9 Å². The Kier molecular flexibility index (Phi) is 5.75. The average molecular weight is 357 g/mol. The van der Waals surface area contributed by atoms with E-state index < -0.39 is 0 Å². The van der Waals surface area contributed by atoms with E-state index in [2.05, 4.69) is 21.7 Å². The highest BCUT2D eigenvalue weighted by molar-refractivity contribution is 5.96. The number of carbonyl (C=O) groups is 1. The van der Waals surface area contributed by atoms with E-state index in [1.807, 2.05) is 61.7 Å². The SMILES string of the molecule is Cc1ccccc1C(=O)N/N=C\c1cn(CCC#N)nc1-c1ccccc1. The normalized spacial score (nSPS) is 10.7. The number of amides is 1. The lowest BCUT2D eigenvalue weighted by Gasteiger charge is -2.03. The van der Waals surface area contributed by atoms with Crippen molar-refractivity contribution in [3.8, 4) is 17.3 Å². The van der Waals surface area contributed by atoms with Gasteiger partial charge in [-0.2, -0.15) is 15.5 Å². The maximum Gasteiger partial charge on any atom is 0.271 e. The van der Waals surface area contributed by atoms with Crippen molar-refractivity contribution in [2.75, 3.05) is 0 Å². The molecule has 0 atom stereocenters. The topological polar surface area (TPSA) is 83.1 Å². The van der Waals surface area contributed by atoms with E-state index in [1.165, 1.54) is 0 Å². The molecule has 3 aromatic rings. The number of hydrogen-bond acceptors (Lipinski definition) is 4. The molecule has 0 spiro atoms. The van der Waals surface area contributed by atoms with Gasteiger partial charge in [0.05, 0.1) is 25.2 Å². The Bertz CT molecular complexity index is 999. The summed E-state index contributed by atoms with van der Waals surface area (Å²) in [4.78, 5) is 12.3. The number of nitrogens with one attached hydrogen (secondary N) is 1. The van der Waals surface area contributed by atoms with Crippen LogP contribution in [-0.4, -0.2) is 21.9 Å². The van der Waals surface area contributed by atoms with Gasteiger partial charge in [-0.05, 0) is 18.6 Å². The second kappa shape index (κ2) is 8.59. The molecule has 0 aliphatic rings. The molecule has 1 N–H and O–H groups in total. The van der Waals surface area contributed by atoms with Crippen molar-refractivity contribution in [2.45, 2.75) is 19.9 Å². The molecule has 0 saturated carbocycles. The molecule has 0 aliphatic heterocycles. The molecule has 2 aromatic carbocycles. The van der Waals surface area contributed by atoms with E-state index >= 15 is 0 Å². The molecule has 134 valence electrons. The molecule has 3 rings (SSSR count). The van der Waals surface area contributed by atoms with Crippen molar-refractivity contribution in [3.05, 3.63) is 77.5 Å². The van der Waals surface area contributed by atoms with Gasteiger partial charge in [-0.3, -0.25) is 9.48 Å². The van der Waals surface area contributed by atoms with Crippen molar-refractivity contribution in [1.82, 2.24) is 15.2 Å². The molecular weight excluding hydrogens is 338 g/mol. The van der Waals surface area contributed by atoms with E-state index in [0.29, 0.717) is 18.5 Å². The zero-order valence-electron chi connectivity index (χ0n) is 15.0. The van der Waals surface area contributed by atoms with Gasteiger partial charge in [0.2, 0.25) is 0 Å². The lowest BCUT2D eigenvalue weighted by atomic mass is 10.1. The van der Waals surface area contributed by atoms with E-state index in [0.717, 1.165) is 22.4 Å². The number of rotatable bonds is 6. The molecule has 0 aliphatic carbocycles. The molecule has 1 aromatic heterocycles. The summed E-state index contributed by atoms with van der Waals surface area (Å²) in [6.45, 7) is 2.38. The molecule has 6 nitrogen and oxygen atoms in total. The third kappa shape index (κ3) is 4.47. The minimum Gasteiger partial charge on any atom is -0.270 e. The van der Waals surface area contributed by atoms with Crippen molar-refractivity contribution < 1.29 is 4.79 Å². The highest BCUT2D eigenvalue weighted by Gasteiger charge is 2.10. The molecule has 1 amide bonds. The second-order valence-corrected chi connectivity index (χ2v) is 5.98. The molecule has 0 bridgehead atoms. The highest BCUT2D eigenvalue weighted by atomic mass is 16.2. The largest absolute Gasteiger partial charge is 0.271 e. The number of carbonyl (C=O) groups excluding carboxylic acids is 1. The first-order chi connectivity index (χ1) is 13.2. The van der Waals surface area contributed by atoms with Crippen LogP contribution in [0.5, 0.6) is 0 Å². The number of aryl methyl sites for hydroxylation is 2. The Morgan fingerprint density at radius 3 is 2.70 bits per heavy atom. The average Bonchev–Trinajstić information content (AvgIpc) is 3.10. The summed E-state index contributed by atoms with van der Waals surface area (Å²) in [6.07, 6.45) is 3.77. The zero-order chi connectivity index (χ0) is 19.1. The minimum absolute atomic E-state index is 0.262. The van der Waals surface area contributed by atoms with Crippen LogP contribution in [0.2, 0.25) is 0 Å². The van der Waals surface area contributed by atoms with E-state index in [9.17, 15) is 4.79 Å². The van der Waals surface area contributed by atoms with E-state index in [-0.39, 0.29) is 5.91 Å². The maximum atomic E-state index is 12.3. The predicted octanol–water partition coefficient (Wildman–Crippen LogP) is 3.54. The fraction of sp³-hybridized carbons (Fsp3) is 0.143. The van der Waals surface area contributed by atoms with Crippen LogP contribution in [0.15, 0.2) is 65.9 Å². The summed E-state index contributed by atoms with van der Waals surface area (Å²) < 4.78 is 1.72. The van der Waals surface area contributed by atoms with E-state index in [1.54, 1.807) is 17.0 Å². The lowest BCUT2D eigenvalue weighted by Crippen LogP contribution is -2.18. The third-order valence-corrected chi connectivity index (χ3v) is 4.05. The van der Waals surface area contributed by atoms with E-state index in [4.69, 9.17) is 5.26 Å². The smallest absolute Gasteiger partial charge is 0.270 e. The Labute approximate surface area is 157 Å². The lowest BCUT2D eigenvalue weighted by molar-refractivity contribution is 0.0954. The predicted molar refractivity (Wildman–Crippen MR) is 104 cm³/mol. The van der Waals surface area contributed by atoms with Crippen LogP contribution in [0.1, 0.15) is 27.9 Å². The quantitative estimate of drug-likeness (QED) is 0.541. The highest BCUT2D eigenvalue weighted by Crippen LogP contribution is 2.20. The number of nitriles is 1. The van der Waals surface area contributed by atoms with Crippen LogP contribution in [0, 0.1) is 18.3 Å². The summed E-state index contributed by atoms with van der Waals surface area (Å²) in [7, 11) is 0. The first-order valence-corrected chi connectivity index (χ1v) is 8.58. The summed E-state index contributed by atoms with van der Waals surface area (Å²) in [5.41, 5.74) is 6.50.